The van der Waals surface area contributed by atoms with Gasteiger partial charge in [0.25, 0.3) is 0 Å². The molecule has 0 aromatic heterocycles. The van der Waals surface area contributed by atoms with Gasteiger partial charge in [-0.25, -0.2) is 0 Å². The highest BCUT2D eigenvalue weighted by Crippen LogP contribution is 1.97. The first-order chi connectivity index (χ1) is 7.93. The Kier molecular flexibility index (Phi) is 7.70. The van der Waals surface area contributed by atoms with Gasteiger partial charge in [0.15, 0.2) is 0 Å². The summed E-state index contributed by atoms with van der Waals surface area (Å²) < 4.78 is 0. The molecule has 0 saturated carbocycles. The maximum atomic E-state index is 11.1. The summed E-state index contributed by atoms with van der Waals surface area (Å²) >= 11 is 0. The van der Waals surface area contributed by atoms with Crippen LogP contribution < -0.4 is 16.4 Å². The molecule has 1 atom stereocenters. The van der Waals surface area contributed by atoms with Crippen LogP contribution in [0.15, 0.2) is 0 Å². The summed E-state index contributed by atoms with van der Waals surface area (Å²) in [7, 11) is 0. The lowest BCUT2D eigenvalue weighted by atomic mass is 10.1. The molecule has 98 valence electrons. The average Bonchev–Trinajstić information content (AvgIpc) is 2.25. The molecule has 17 heavy (non-hydrogen) atoms. The van der Waals surface area contributed by atoms with Crippen molar-refractivity contribution in [2.24, 2.45) is 5.73 Å². The van der Waals surface area contributed by atoms with Crippen LogP contribution in [0.3, 0.4) is 0 Å². The van der Waals surface area contributed by atoms with Gasteiger partial charge < -0.3 is 21.5 Å². The molecule has 7 heteroatoms. The average molecular weight is 245 g/mol. The summed E-state index contributed by atoms with van der Waals surface area (Å²) in [6.45, 7) is 1.75. The smallest absolute Gasteiger partial charge is 0.320 e. The predicted octanol–water partition coefficient (Wildman–Crippen LogP) is -1.18. The number of carbonyl (C=O) groups excluding carboxylic acids is 2. The quantitative estimate of drug-likeness (QED) is 0.401. The summed E-state index contributed by atoms with van der Waals surface area (Å²) in [4.78, 5) is 32.0. The van der Waals surface area contributed by atoms with Crippen LogP contribution in [0, 0.1) is 0 Å². The number of hydrogen-bond acceptors (Lipinski definition) is 4. The number of carboxylic acid groups (broad SMARTS) is 1. The highest BCUT2D eigenvalue weighted by atomic mass is 16.4. The molecular formula is C10H19N3O4. The molecule has 0 heterocycles. The number of carboxylic acids is 1. The van der Waals surface area contributed by atoms with Gasteiger partial charge in [-0.1, -0.05) is 0 Å². The first kappa shape index (κ1) is 15.4. The van der Waals surface area contributed by atoms with E-state index in [1.807, 2.05) is 0 Å². The fourth-order valence-electron chi connectivity index (χ4n) is 1.11. The molecule has 0 unspecified atom stereocenters. The monoisotopic (exact) mass is 245 g/mol. The van der Waals surface area contributed by atoms with E-state index in [1.165, 1.54) is 6.92 Å². The van der Waals surface area contributed by atoms with Crippen LogP contribution in [0.1, 0.15) is 26.2 Å². The van der Waals surface area contributed by atoms with E-state index in [0.29, 0.717) is 25.8 Å². The molecule has 0 aliphatic rings. The van der Waals surface area contributed by atoms with Crippen molar-refractivity contribution < 1.29 is 19.5 Å². The van der Waals surface area contributed by atoms with Gasteiger partial charge in [-0.15, -0.1) is 0 Å². The maximum Gasteiger partial charge on any atom is 0.320 e. The van der Waals surface area contributed by atoms with Crippen molar-refractivity contribution in [2.75, 3.05) is 13.1 Å². The topological polar surface area (TPSA) is 122 Å². The highest BCUT2D eigenvalue weighted by molar-refractivity contribution is 5.83. The van der Waals surface area contributed by atoms with E-state index in [0.717, 1.165) is 0 Å². The summed E-state index contributed by atoms with van der Waals surface area (Å²) in [5.74, 6) is -1.53. The second kappa shape index (κ2) is 8.51. The lowest BCUT2D eigenvalue weighted by molar-refractivity contribution is -0.138. The van der Waals surface area contributed by atoms with E-state index < -0.39 is 12.0 Å². The van der Waals surface area contributed by atoms with Crippen molar-refractivity contribution in [2.45, 2.75) is 32.2 Å². The largest absolute Gasteiger partial charge is 0.480 e. The number of nitrogens with two attached hydrogens (primary N) is 1. The van der Waals surface area contributed by atoms with Gasteiger partial charge in [-0.05, 0) is 19.3 Å². The molecule has 0 bridgehead atoms. The first-order valence-electron chi connectivity index (χ1n) is 5.43. The molecule has 0 radical (unpaired) electrons. The number of hydrogen-bond donors (Lipinski definition) is 4. The van der Waals surface area contributed by atoms with Gasteiger partial charge >= 0.3 is 5.97 Å². The van der Waals surface area contributed by atoms with Gasteiger partial charge in [0.2, 0.25) is 11.8 Å². The minimum absolute atomic E-state index is 0.0377. The van der Waals surface area contributed by atoms with Gasteiger partial charge in [-0.3, -0.25) is 14.4 Å². The minimum atomic E-state index is -1.01. The van der Waals surface area contributed by atoms with Crippen molar-refractivity contribution >= 4 is 17.8 Å². The van der Waals surface area contributed by atoms with Crippen LogP contribution in [0.25, 0.3) is 0 Å². The van der Waals surface area contributed by atoms with Crippen LogP contribution in [0.2, 0.25) is 0 Å². The summed E-state index contributed by atoms with van der Waals surface area (Å²) in [6.07, 6.45) is 1.68. The van der Waals surface area contributed by atoms with Crippen LogP contribution in [-0.2, 0) is 14.4 Å². The van der Waals surface area contributed by atoms with Crippen molar-refractivity contribution in [3.63, 3.8) is 0 Å². The number of carbonyl (C=O) groups is 3. The Morgan fingerprint density at radius 3 is 2.41 bits per heavy atom. The molecule has 0 saturated heterocycles. The third-order valence-corrected chi connectivity index (χ3v) is 2.08. The maximum absolute atomic E-state index is 11.1. The lowest BCUT2D eigenvalue weighted by Crippen LogP contribution is -2.36. The molecule has 0 aromatic rings. The number of aliphatic carboxylic acids is 1. The van der Waals surface area contributed by atoms with Crippen molar-refractivity contribution in [3.8, 4) is 0 Å². The Bertz CT molecular complexity index is 281. The molecule has 0 rings (SSSR count). The molecule has 2 amide bonds. The zero-order valence-electron chi connectivity index (χ0n) is 9.86. The van der Waals surface area contributed by atoms with Crippen LogP contribution >= 0.6 is 0 Å². The van der Waals surface area contributed by atoms with E-state index in [1.54, 1.807) is 0 Å². The number of amides is 2. The third-order valence-electron chi connectivity index (χ3n) is 2.08. The summed E-state index contributed by atoms with van der Waals surface area (Å²) in [6, 6.07) is -0.843. The Hall–Kier alpha value is -1.63. The molecule has 0 aliphatic heterocycles. The Balaban J connectivity index is 3.42. The second-order valence-corrected chi connectivity index (χ2v) is 3.70. The predicted molar refractivity (Wildman–Crippen MR) is 61.2 cm³/mol. The summed E-state index contributed by atoms with van der Waals surface area (Å²) in [5.41, 5.74) is 5.31. The number of unbranched alkanes of at least 4 members (excludes halogenated alkanes) is 1. The van der Waals surface area contributed by atoms with Crippen LogP contribution in [-0.4, -0.2) is 42.0 Å². The fourth-order valence-corrected chi connectivity index (χ4v) is 1.11. The second-order valence-electron chi connectivity index (χ2n) is 3.70. The van der Waals surface area contributed by atoms with Crippen molar-refractivity contribution in [1.82, 2.24) is 10.6 Å². The normalized spacial score (nSPS) is 11.6. The van der Waals surface area contributed by atoms with E-state index in [9.17, 15) is 14.4 Å². The molecule has 0 fully saturated rings. The van der Waals surface area contributed by atoms with Crippen molar-refractivity contribution in [1.29, 1.82) is 0 Å². The van der Waals surface area contributed by atoms with Crippen LogP contribution in [0.5, 0.6) is 0 Å². The standard InChI is InChI=1S/C10H19N3O4/c1-7(14)13-6-9(15)12-5-3-2-4-8(11)10(16)17/h8H,2-6,11H2,1H3,(H,12,15)(H,13,14)(H,16,17)/t8-/m0/s1. The van der Waals surface area contributed by atoms with E-state index in [2.05, 4.69) is 10.6 Å². The fraction of sp³-hybridized carbons (Fsp3) is 0.700. The van der Waals surface area contributed by atoms with E-state index in [4.69, 9.17) is 10.8 Å². The highest BCUT2D eigenvalue weighted by Gasteiger charge is 2.10. The number of rotatable bonds is 8. The summed E-state index contributed by atoms with van der Waals surface area (Å²) in [5, 5.41) is 13.5. The molecule has 0 aliphatic carbocycles. The molecule has 5 N–H and O–H groups in total. The minimum Gasteiger partial charge on any atom is -0.480 e. The zero-order chi connectivity index (χ0) is 13.3. The van der Waals surface area contributed by atoms with E-state index >= 15 is 0 Å². The van der Waals surface area contributed by atoms with Gasteiger partial charge in [0.1, 0.15) is 6.04 Å². The van der Waals surface area contributed by atoms with Crippen LogP contribution in [0.4, 0.5) is 0 Å². The first-order valence-corrected chi connectivity index (χ1v) is 5.43. The molecule has 0 spiro atoms. The SMILES string of the molecule is CC(=O)NCC(=O)NCCCC[C@H](N)C(=O)O. The molecular weight excluding hydrogens is 226 g/mol. The third kappa shape index (κ3) is 9.31. The Morgan fingerprint density at radius 1 is 1.24 bits per heavy atom. The Labute approximate surface area is 99.7 Å². The van der Waals surface area contributed by atoms with Gasteiger partial charge in [0.05, 0.1) is 6.54 Å². The van der Waals surface area contributed by atoms with Crippen molar-refractivity contribution in [3.05, 3.63) is 0 Å². The molecule has 0 aromatic carbocycles. The van der Waals surface area contributed by atoms with Gasteiger partial charge in [-0.2, -0.15) is 0 Å². The number of nitrogens with one attached hydrogen (secondary N) is 2. The lowest BCUT2D eigenvalue weighted by Gasteiger charge is -2.07. The molecule has 7 nitrogen and oxygen atoms in total. The zero-order valence-corrected chi connectivity index (χ0v) is 9.86. The van der Waals surface area contributed by atoms with E-state index in [-0.39, 0.29) is 18.4 Å². The van der Waals surface area contributed by atoms with Gasteiger partial charge in [0, 0.05) is 13.5 Å². The Morgan fingerprint density at radius 2 is 1.88 bits per heavy atom.